The van der Waals surface area contributed by atoms with E-state index < -0.39 is 0 Å². The quantitative estimate of drug-likeness (QED) is 0.888. The predicted molar refractivity (Wildman–Crippen MR) is 64.0 cm³/mol. The van der Waals surface area contributed by atoms with Crippen molar-refractivity contribution < 1.29 is 4.52 Å². The summed E-state index contributed by atoms with van der Waals surface area (Å²) in [5.41, 5.74) is 7.00. The Morgan fingerprint density at radius 1 is 1.56 bits per heavy atom. The number of hydrogen-bond donors (Lipinski definition) is 1. The lowest BCUT2D eigenvalue weighted by molar-refractivity contribution is 0.312. The first-order valence-electron chi connectivity index (χ1n) is 5.34. The van der Waals surface area contributed by atoms with Gasteiger partial charge < -0.3 is 10.3 Å². The lowest BCUT2D eigenvalue weighted by atomic mass is 10.0. The molecule has 16 heavy (non-hydrogen) atoms. The van der Waals surface area contributed by atoms with Crippen LogP contribution in [0.25, 0.3) is 11.4 Å². The summed E-state index contributed by atoms with van der Waals surface area (Å²) in [4.78, 5) is 4.33. The van der Waals surface area contributed by atoms with Gasteiger partial charge in [-0.25, -0.2) is 0 Å². The fraction of sp³-hybridized carbons (Fsp3) is 0.455. The Hall–Kier alpha value is -1.20. The zero-order valence-corrected chi connectivity index (χ0v) is 10.2. The molecule has 2 atom stereocenters. The lowest BCUT2D eigenvalue weighted by Gasteiger charge is -2.12. The number of thiophene rings is 1. The van der Waals surface area contributed by atoms with E-state index in [4.69, 9.17) is 10.3 Å². The first-order chi connectivity index (χ1) is 7.72. The van der Waals surface area contributed by atoms with Crippen molar-refractivity contribution in [3.8, 4) is 11.4 Å². The smallest absolute Gasteiger partial charge is 0.244 e. The summed E-state index contributed by atoms with van der Waals surface area (Å²) in [6.45, 7) is 4.18. The molecule has 0 unspecified atom stereocenters. The van der Waals surface area contributed by atoms with Crippen LogP contribution in [0.2, 0.25) is 0 Å². The molecule has 0 bridgehead atoms. The van der Waals surface area contributed by atoms with Crippen LogP contribution in [0.5, 0.6) is 0 Å². The Morgan fingerprint density at radius 2 is 2.38 bits per heavy atom. The van der Waals surface area contributed by atoms with E-state index in [9.17, 15) is 0 Å². The van der Waals surface area contributed by atoms with Crippen molar-refractivity contribution in [3.63, 3.8) is 0 Å². The van der Waals surface area contributed by atoms with Gasteiger partial charge in [-0.2, -0.15) is 16.3 Å². The lowest BCUT2D eigenvalue weighted by Crippen LogP contribution is -2.18. The molecule has 0 aliphatic heterocycles. The summed E-state index contributed by atoms with van der Waals surface area (Å²) >= 11 is 1.61. The van der Waals surface area contributed by atoms with E-state index in [0.29, 0.717) is 17.6 Å². The minimum Gasteiger partial charge on any atom is -0.337 e. The Kier molecular flexibility index (Phi) is 3.36. The first-order valence-corrected chi connectivity index (χ1v) is 6.28. The Balaban J connectivity index is 2.20. The second-order valence-corrected chi connectivity index (χ2v) is 4.66. The minimum absolute atomic E-state index is 0.176. The van der Waals surface area contributed by atoms with Crippen LogP contribution in [0, 0.1) is 5.92 Å². The molecule has 2 heterocycles. The molecule has 0 aliphatic carbocycles. The molecular weight excluding hydrogens is 222 g/mol. The van der Waals surface area contributed by atoms with E-state index in [1.54, 1.807) is 11.3 Å². The van der Waals surface area contributed by atoms with E-state index in [1.165, 1.54) is 0 Å². The monoisotopic (exact) mass is 237 g/mol. The third-order valence-electron chi connectivity index (χ3n) is 2.76. The fourth-order valence-electron chi connectivity index (χ4n) is 1.38. The largest absolute Gasteiger partial charge is 0.337 e. The molecular formula is C11H15N3OS. The van der Waals surface area contributed by atoms with Crippen molar-refractivity contribution >= 4 is 11.3 Å². The van der Waals surface area contributed by atoms with Gasteiger partial charge in [0.2, 0.25) is 11.7 Å². The summed E-state index contributed by atoms with van der Waals surface area (Å²) in [6, 6.07) is 1.79. The van der Waals surface area contributed by atoms with Gasteiger partial charge in [0.05, 0.1) is 6.04 Å². The molecule has 0 aliphatic rings. The topological polar surface area (TPSA) is 64.9 Å². The molecule has 0 aromatic carbocycles. The normalized spacial score (nSPS) is 14.9. The van der Waals surface area contributed by atoms with Crippen LogP contribution < -0.4 is 5.73 Å². The first kappa shape index (κ1) is 11.3. The summed E-state index contributed by atoms with van der Waals surface area (Å²) in [5.74, 6) is 1.49. The van der Waals surface area contributed by atoms with Crippen molar-refractivity contribution in [1.82, 2.24) is 10.1 Å². The zero-order valence-electron chi connectivity index (χ0n) is 9.38. The minimum atomic E-state index is -0.176. The third-order valence-corrected chi connectivity index (χ3v) is 3.45. The molecule has 5 heteroatoms. The van der Waals surface area contributed by atoms with E-state index in [0.717, 1.165) is 12.0 Å². The highest BCUT2D eigenvalue weighted by Crippen LogP contribution is 2.24. The maximum absolute atomic E-state index is 6.02. The van der Waals surface area contributed by atoms with Gasteiger partial charge in [0, 0.05) is 10.9 Å². The zero-order chi connectivity index (χ0) is 11.5. The molecule has 0 amide bonds. The summed E-state index contributed by atoms with van der Waals surface area (Å²) in [7, 11) is 0. The molecule has 2 rings (SSSR count). The van der Waals surface area contributed by atoms with E-state index in [-0.39, 0.29) is 6.04 Å². The highest BCUT2D eigenvalue weighted by molar-refractivity contribution is 7.08. The van der Waals surface area contributed by atoms with Crippen LogP contribution in [0.1, 0.15) is 32.2 Å². The van der Waals surface area contributed by atoms with Gasteiger partial charge in [-0.3, -0.25) is 0 Å². The van der Waals surface area contributed by atoms with Crippen molar-refractivity contribution in [3.05, 3.63) is 22.7 Å². The van der Waals surface area contributed by atoms with Gasteiger partial charge in [0.15, 0.2) is 0 Å². The maximum Gasteiger partial charge on any atom is 0.244 e. The molecule has 4 nitrogen and oxygen atoms in total. The number of nitrogens with zero attached hydrogens (tertiary/aromatic N) is 2. The molecule has 0 radical (unpaired) electrons. The van der Waals surface area contributed by atoms with Crippen LogP contribution in [0.15, 0.2) is 21.3 Å². The highest BCUT2D eigenvalue weighted by Gasteiger charge is 2.20. The van der Waals surface area contributed by atoms with E-state index in [2.05, 4.69) is 24.0 Å². The molecule has 2 aromatic rings. The molecule has 0 saturated heterocycles. The fourth-order valence-corrected chi connectivity index (χ4v) is 2.01. The van der Waals surface area contributed by atoms with Crippen LogP contribution in [0.3, 0.4) is 0 Å². The van der Waals surface area contributed by atoms with Crippen LogP contribution in [-0.2, 0) is 0 Å². The SMILES string of the molecule is CC[C@H](C)[C@H](N)c1nc(-c2ccsc2)no1. The van der Waals surface area contributed by atoms with Crippen molar-refractivity contribution in [2.75, 3.05) is 0 Å². The van der Waals surface area contributed by atoms with Gasteiger partial charge in [0.1, 0.15) is 0 Å². The Bertz CT molecular complexity index is 438. The molecule has 0 spiro atoms. The summed E-state index contributed by atoms with van der Waals surface area (Å²) in [6.07, 6.45) is 0.997. The number of hydrogen-bond acceptors (Lipinski definition) is 5. The second kappa shape index (κ2) is 4.76. The molecule has 2 N–H and O–H groups in total. The van der Waals surface area contributed by atoms with Crippen molar-refractivity contribution in [2.24, 2.45) is 11.7 Å². The third kappa shape index (κ3) is 2.15. The van der Waals surface area contributed by atoms with Crippen molar-refractivity contribution in [2.45, 2.75) is 26.3 Å². The van der Waals surface area contributed by atoms with Gasteiger partial charge in [0.25, 0.3) is 0 Å². The Labute approximate surface area is 98.5 Å². The number of nitrogens with two attached hydrogens (primary N) is 1. The summed E-state index contributed by atoms with van der Waals surface area (Å²) < 4.78 is 5.19. The molecule has 0 fully saturated rings. The summed E-state index contributed by atoms with van der Waals surface area (Å²) in [5, 5.41) is 7.91. The van der Waals surface area contributed by atoms with Gasteiger partial charge in [-0.1, -0.05) is 25.4 Å². The molecule has 2 aromatic heterocycles. The van der Waals surface area contributed by atoms with Crippen LogP contribution >= 0.6 is 11.3 Å². The molecule has 86 valence electrons. The molecule has 0 saturated carbocycles. The highest BCUT2D eigenvalue weighted by atomic mass is 32.1. The van der Waals surface area contributed by atoms with Gasteiger partial charge in [-0.05, 0) is 17.4 Å². The number of rotatable bonds is 4. The standard InChI is InChI=1S/C11H15N3OS/c1-3-7(2)9(12)11-13-10(14-15-11)8-4-5-16-6-8/h4-7,9H,3,12H2,1-2H3/t7-,9-/m0/s1. The second-order valence-electron chi connectivity index (χ2n) is 3.88. The van der Waals surface area contributed by atoms with Crippen molar-refractivity contribution in [1.29, 1.82) is 0 Å². The number of aromatic nitrogens is 2. The van der Waals surface area contributed by atoms with E-state index >= 15 is 0 Å². The van der Waals surface area contributed by atoms with Crippen LogP contribution in [-0.4, -0.2) is 10.1 Å². The maximum atomic E-state index is 6.02. The predicted octanol–water partition coefficient (Wildman–Crippen LogP) is 2.84. The van der Waals surface area contributed by atoms with Gasteiger partial charge >= 0.3 is 0 Å². The average molecular weight is 237 g/mol. The van der Waals surface area contributed by atoms with Crippen LogP contribution in [0.4, 0.5) is 0 Å². The Morgan fingerprint density at radius 3 is 3.00 bits per heavy atom. The van der Waals surface area contributed by atoms with E-state index in [1.807, 2.05) is 16.8 Å². The van der Waals surface area contributed by atoms with Gasteiger partial charge in [-0.15, -0.1) is 0 Å². The average Bonchev–Trinajstić information content (AvgIpc) is 2.96.